The fraction of sp³-hybridized carbons (Fsp3) is 0.393. The number of fused-ring (bicyclic) bond motifs is 1. The maximum Gasteiger partial charge on any atom is 0.338 e. The first kappa shape index (κ1) is 28.0. The second-order valence-electron chi connectivity index (χ2n) is 9.02. The zero-order chi connectivity index (χ0) is 27.2. The van der Waals surface area contributed by atoms with Gasteiger partial charge in [0.15, 0.2) is 11.5 Å². The van der Waals surface area contributed by atoms with Gasteiger partial charge in [0.2, 0.25) is 11.1 Å². The molecule has 202 valence electrons. The van der Waals surface area contributed by atoms with Crippen LogP contribution in [0.3, 0.4) is 0 Å². The Kier molecular flexibility index (Phi) is 9.38. The Morgan fingerprint density at radius 2 is 2.00 bits per heavy atom. The molecular weight excluding hydrogens is 568 g/mol. The van der Waals surface area contributed by atoms with Gasteiger partial charge in [-0.3, -0.25) is 0 Å². The van der Waals surface area contributed by atoms with E-state index < -0.39 is 6.04 Å². The highest BCUT2D eigenvalue weighted by molar-refractivity contribution is 9.10. The molecular formula is C28H33BrN4O4S. The van der Waals surface area contributed by atoms with Crippen LogP contribution in [0.2, 0.25) is 0 Å². The quantitative estimate of drug-likeness (QED) is 0.192. The van der Waals surface area contributed by atoms with E-state index in [1.807, 2.05) is 38.1 Å². The van der Waals surface area contributed by atoms with Crippen molar-refractivity contribution < 1.29 is 19.0 Å². The zero-order valence-electron chi connectivity index (χ0n) is 22.3. The number of allylic oxidation sites excluding steroid dienone is 1. The zero-order valence-corrected chi connectivity index (χ0v) is 24.7. The van der Waals surface area contributed by atoms with E-state index >= 15 is 0 Å². The molecule has 1 unspecified atom stereocenters. The summed E-state index contributed by atoms with van der Waals surface area (Å²) in [4.78, 5) is 18.0. The number of thioether (sulfide) groups is 1. The number of nitrogens with zero attached hydrogens (tertiary/aromatic N) is 3. The molecule has 0 bridgehead atoms. The number of aromatic nitrogens is 3. The average molecular weight is 602 g/mol. The van der Waals surface area contributed by atoms with Crippen molar-refractivity contribution in [3.63, 3.8) is 0 Å². The Balaban J connectivity index is 1.75. The van der Waals surface area contributed by atoms with Crippen LogP contribution in [0.1, 0.15) is 56.3 Å². The van der Waals surface area contributed by atoms with Crippen LogP contribution in [0, 0.1) is 6.92 Å². The molecule has 0 amide bonds. The number of ether oxygens (including phenoxy) is 3. The summed E-state index contributed by atoms with van der Waals surface area (Å²) in [5.74, 6) is 2.22. The number of aryl methyl sites for hydroxylation is 1. The molecule has 1 aromatic heterocycles. The van der Waals surface area contributed by atoms with Crippen LogP contribution in [0.25, 0.3) is 0 Å². The molecule has 0 fully saturated rings. The van der Waals surface area contributed by atoms with E-state index in [1.165, 1.54) is 5.56 Å². The molecule has 1 aliphatic heterocycles. The summed E-state index contributed by atoms with van der Waals surface area (Å²) < 4.78 is 20.0. The van der Waals surface area contributed by atoms with Gasteiger partial charge in [0.1, 0.15) is 12.6 Å². The second kappa shape index (κ2) is 12.7. The number of carbonyl (C=O) groups excluding carboxylic acids is 1. The largest absolute Gasteiger partial charge is 0.493 e. The number of esters is 1. The molecule has 0 aliphatic carbocycles. The van der Waals surface area contributed by atoms with Gasteiger partial charge in [-0.2, -0.15) is 4.98 Å². The Bertz CT molecular complexity index is 1340. The molecule has 0 spiro atoms. The summed E-state index contributed by atoms with van der Waals surface area (Å²) in [6.07, 6.45) is 1.74. The lowest BCUT2D eigenvalue weighted by molar-refractivity contribution is -0.139. The Morgan fingerprint density at radius 1 is 1.18 bits per heavy atom. The first-order chi connectivity index (χ1) is 18.4. The third-order valence-electron chi connectivity index (χ3n) is 5.96. The van der Waals surface area contributed by atoms with Gasteiger partial charge in [0.05, 0.1) is 23.8 Å². The van der Waals surface area contributed by atoms with E-state index in [1.54, 1.807) is 23.6 Å². The van der Waals surface area contributed by atoms with E-state index in [0.717, 1.165) is 29.7 Å². The van der Waals surface area contributed by atoms with Gasteiger partial charge in [0, 0.05) is 11.4 Å². The molecule has 8 nitrogen and oxygen atoms in total. The number of carbonyl (C=O) groups is 1. The van der Waals surface area contributed by atoms with Crippen LogP contribution in [-0.2, 0) is 16.1 Å². The van der Waals surface area contributed by atoms with Gasteiger partial charge in [-0.25, -0.2) is 9.48 Å². The Labute approximate surface area is 236 Å². The minimum atomic E-state index is -0.560. The standard InChI is InChI=1S/C28H33BrN4O4S/c1-6-11-36-26(34)23-18(4)30-27-31-28(38-12-7-2)32-33(27)24(23)20-14-21(29)25(22(15-20)35-5)37-16-19-10-8-9-17(3)13-19/h8-10,13-15,24H,6-7,11-12,16H2,1-5H3,(H,30,31,32). The smallest absolute Gasteiger partial charge is 0.338 e. The van der Waals surface area contributed by atoms with Crippen LogP contribution < -0.4 is 14.8 Å². The van der Waals surface area contributed by atoms with Crippen molar-refractivity contribution in [2.75, 3.05) is 24.8 Å². The first-order valence-corrected chi connectivity index (χ1v) is 14.4. The molecule has 1 aliphatic rings. The van der Waals surface area contributed by atoms with Gasteiger partial charge in [-0.1, -0.05) is 55.4 Å². The minimum Gasteiger partial charge on any atom is -0.493 e. The highest BCUT2D eigenvalue weighted by atomic mass is 79.9. The fourth-order valence-corrected chi connectivity index (χ4v) is 5.48. The molecule has 2 aromatic carbocycles. The van der Waals surface area contributed by atoms with E-state index in [9.17, 15) is 4.79 Å². The Morgan fingerprint density at radius 3 is 2.71 bits per heavy atom. The molecule has 1 N–H and O–H groups in total. The maximum absolute atomic E-state index is 13.3. The molecule has 4 rings (SSSR count). The number of anilines is 1. The summed E-state index contributed by atoms with van der Waals surface area (Å²) >= 11 is 5.27. The summed E-state index contributed by atoms with van der Waals surface area (Å²) in [6, 6.07) is 11.4. The van der Waals surface area contributed by atoms with E-state index in [-0.39, 0.29) is 5.97 Å². The normalized spacial score (nSPS) is 14.6. The van der Waals surface area contributed by atoms with Crippen LogP contribution in [0.15, 0.2) is 57.3 Å². The van der Waals surface area contributed by atoms with Crippen molar-refractivity contribution >= 4 is 39.6 Å². The number of hydrogen-bond acceptors (Lipinski definition) is 8. The number of nitrogens with one attached hydrogen (secondary N) is 1. The topological polar surface area (TPSA) is 87.5 Å². The summed E-state index contributed by atoms with van der Waals surface area (Å²) in [5, 5.41) is 8.66. The van der Waals surface area contributed by atoms with Crippen molar-refractivity contribution in [3.05, 3.63) is 68.8 Å². The predicted octanol–water partition coefficient (Wildman–Crippen LogP) is 6.68. The van der Waals surface area contributed by atoms with Gasteiger partial charge >= 0.3 is 5.97 Å². The lowest BCUT2D eigenvalue weighted by atomic mass is 9.95. The lowest BCUT2D eigenvalue weighted by Gasteiger charge is -2.28. The predicted molar refractivity (Wildman–Crippen MR) is 153 cm³/mol. The summed E-state index contributed by atoms with van der Waals surface area (Å²) in [7, 11) is 1.60. The number of halogens is 1. The first-order valence-electron chi connectivity index (χ1n) is 12.7. The third-order valence-corrected chi connectivity index (χ3v) is 7.59. The van der Waals surface area contributed by atoms with Crippen molar-refractivity contribution in [3.8, 4) is 11.5 Å². The van der Waals surface area contributed by atoms with Crippen LogP contribution in [0.4, 0.5) is 5.95 Å². The van der Waals surface area contributed by atoms with Crippen LogP contribution in [-0.4, -0.2) is 40.2 Å². The number of benzene rings is 2. The number of rotatable bonds is 11. The maximum atomic E-state index is 13.3. The van der Waals surface area contributed by atoms with Crippen LogP contribution >= 0.6 is 27.7 Å². The monoisotopic (exact) mass is 600 g/mol. The highest BCUT2D eigenvalue weighted by Crippen LogP contribution is 2.43. The van der Waals surface area contributed by atoms with Gasteiger partial charge in [-0.15, -0.1) is 5.10 Å². The van der Waals surface area contributed by atoms with Gasteiger partial charge in [0.25, 0.3) is 0 Å². The van der Waals surface area contributed by atoms with E-state index in [0.29, 0.717) is 51.6 Å². The highest BCUT2D eigenvalue weighted by Gasteiger charge is 2.36. The molecule has 3 aromatic rings. The molecule has 1 atom stereocenters. The summed E-state index contributed by atoms with van der Waals surface area (Å²) in [6.45, 7) is 8.72. The molecule has 10 heteroatoms. The van der Waals surface area contributed by atoms with Gasteiger partial charge in [-0.05, 0) is 65.9 Å². The Hall–Kier alpha value is -2.98. The van der Waals surface area contributed by atoms with Crippen molar-refractivity contribution in [2.24, 2.45) is 0 Å². The SMILES string of the molecule is CCCOC(=O)C1=C(C)Nc2nc(SCCC)nn2C1c1cc(Br)c(OCc2cccc(C)c2)c(OC)c1. The van der Waals surface area contributed by atoms with Crippen LogP contribution in [0.5, 0.6) is 11.5 Å². The van der Waals surface area contributed by atoms with Crippen molar-refractivity contribution in [1.29, 1.82) is 0 Å². The third kappa shape index (κ3) is 6.18. The lowest BCUT2D eigenvalue weighted by Crippen LogP contribution is -2.30. The van der Waals surface area contributed by atoms with Crippen molar-refractivity contribution in [2.45, 2.75) is 58.3 Å². The molecule has 0 saturated carbocycles. The van der Waals surface area contributed by atoms with E-state index in [4.69, 9.17) is 19.3 Å². The summed E-state index contributed by atoms with van der Waals surface area (Å²) in [5.41, 5.74) is 4.18. The van der Waals surface area contributed by atoms with Crippen molar-refractivity contribution in [1.82, 2.24) is 14.8 Å². The molecule has 38 heavy (non-hydrogen) atoms. The minimum absolute atomic E-state index is 0.336. The number of methoxy groups -OCH3 is 1. The van der Waals surface area contributed by atoms with Gasteiger partial charge < -0.3 is 19.5 Å². The average Bonchev–Trinajstić information content (AvgIpc) is 3.30. The second-order valence-corrected chi connectivity index (χ2v) is 10.9. The number of hydrogen-bond donors (Lipinski definition) is 1. The van der Waals surface area contributed by atoms with E-state index in [2.05, 4.69) is 52.2 Å². The molecule has 0 radical (unpaired) electrons. The molecule has 2 heterocycles. The molecule has 0 saturated heterocycles. The fourth-order valence-electron chi connectivity index (χ4n) is 4.23.